The van der Waals surface area contributed by atoms with Crippen LogP contribution in [0.1, 0.15) is 35.3 Å². The Morgan fingerprint density at radius 3 is 2.21 bits per heavy atom. The van der Waals surface area contributed by atoms with Crippen molar-refractivity contribution in [2.45, 2.75) is 31.1 Å². The molecule has 0 radical (unpaired) electrons. The minimum absolute atomic E-state index is 0.0174. The Hall–Kier alpha value is -2.10. The molecule has 3 heteroatoms. The van der Waals surface area contributed by atoms with Gasteiger partial charge in [-0.3, -0.25) is 0 Å². The Morgan fingerprint density at radius 1 is 0.857 bits per heavy atom. The molecule has 3 aromatic rings. The van der Waals surface area contributed by atoms with Crippen LogP contribution in [0.15, 0.2) is 84.9 Å². The predicted molar refractivity (Wildman–Crippen MR) is 119 cm³/mol. The van der Waals surface area contributed by atoms with Crippen LogP contribution >= 0.6 is 11.8 Å². The Morgan fingerprint density at radius 2 is 1.50 bits per heavy atom. The van der Waals surface area contributed by atoms with E-state index in [1.807, 2.05) is 30.3 Å². The number of aryl methyl sites for hydroxylation is 1. The molecule has 0 saturated heterocycles. The normalized spacial score (nSPS) is 13.2. The summed E-state index contributed by atoms with van der Waals surface area (Å²) in [6.45, 7) is 3.15. The molecule has 0 spiro atoms. The molecular formula is C25H28FNS. The van der Waals surface area contributed by atoms with Crippen molar-refractivity contribution in [3.63, 3.8) is 0 Å². The van der Waals surface area contributed by atoms with E-state index in [1.165, 1.54) is 5.56 Å². The van der Waals surface area contributed by atoms with E-state index in [0.29, 0.717) is 6.04 Å². The minimum Gasteiger partial charge on any atom is -0.313 e. The van der Waals surface area contributed by atoms with Gasteiger partial charge in [-0.2, -0.15) is 0 Å². The van der Waals surface area contributed by atoms with E-state index in [2.05, 4.69) is 54.7 Å². The molecule has 1 N–H and O–H groups in total. The molecule has 0 saturated carbocycles. The lowest BCUT2D eigenvalue weighted by atomic mass is 10.0. The van der Waals surface area contributed by atoms with Crippen LogP contribution in [0.5, 0.6) is 0 Å². The maximum absolute atomic E-state index is 14.4. The van der Waals surface area contributed by atoms with Crippen molar-refractivity contribution in [3.8, 4) is 0 Å². The molecule has 2 atom stereocenters. The van der Waals surface area contributed by atoms with Crippen LogP contribution in [0.2, 0.25) is 0 Å². The number of rotatable bonds is 10. The van der Waals surface area contributed by atoms with E-state index >= 15 is 0 Å². The van der Waals surface area contributed by atoms with Gasteiger partial charge in [0.05, 0.1) is 5.25 Å². The Bertz CT molecular complexity index is 822. The number of nitrogens with one attached hydrogen (secondary N) is 1. The van der Waals surface area contributed by atoms with Crippen molar-refractivity contribution in [1.82, 2.24) is 5.32 Å². The average molecular weight is 394 g/mol. The van der Waals surface area contributed by atoms with Crippen LogP contribution in [0, 0.1) is 5.82 Å². The van der Waals surface area contributed by atoms with E-state index in [1.54, 1.807) is 23.9 Å². The summed E-state index contributed by atoms with van der Waals surface area (Å²) in [5, 5.41) is 3.63. The highest BCUT2D eigenvalue weighted by molar-refractivity contribution is 7.99. The fourth-order valence-electron chi connectivity index (χ4n) is 3.29. The second-order valence-corrected chi connectivity index (χ2v) is 8.28. The van der Waals surface area contributed by atoms with Gasteiger partial charge in [0, 0.05) is 23.9 Å². The molecule has 0 amide bonds. The van der Waals surface area contributed by atoms with Crippen LogP contribution in [-0.2, 0) is 6.42 Å². The van der Waals surface area contributed by atoms with Crippen LogP contribution in [-0.4, -0.2) is 18.3 Å². The molecule has 28 heavy (non-hydrogen) atoms. The number of halogens is 1. The molecular weight excluding hydrogens is 365 g/mol. The van der Waals surface area contributed by atoms with E-state index < -0.39 is 0 Å². The average Bonchev–Trinajstić information content (AvgIpc) is 2.74. The SMILES string of the molecule is CC(CCc1ccccc1)NCCSC(c1ccccc1)c1ccccc1F. The van der Waals surface area contributed by atoms with Gasteiger partial charge in [-0.1, -0.05) is 78.9 Å². The minimum atomic E-state index is -0.131. The van der Waals surface area contributed by atoms with Gasteiger partial charge in [-0.05, 0) is 37.0 Å². The van der Waals surface area contributed by atoms with E-state index in [4.69, 9.17) is 0 Å². The maximum Gasteiger partial charge on any atom is 0.127 e. The second kappa shape index (κ2) is 11.0. The molecule has 0 fully saturated rings. The molecule has 3 rings (SSSR count). The molecule has 0 bridgehead atoms. The first kappa shape index (κ1) is 20.6. The summed E-state index contributed by atoms with van der Waals surface area (Å²) < 4.78 is 14.4. The Labute approximate surface area is 172 Å². The highest BCUT2D eigenvalue weighted by Gasteiger charge is 2.18. The first-order valence-electron chi connectivity index (χ1n) is 9.92. The zero-order chi connectivity index (χ0) is 19.6. The highest BCUT2D eigenvalue weighted by atomic mass is 32.2. The quantitative estimate of drug-likeness (QED) is 0.408. The number of hydrogen-bond acceptors (Lipinski definition) is 2. The van der Waals surface area contributed by atoms with Gasteiger partial charge in [0.25, 0.3) is 0 Å². The molecule has 1 nitrogen and oxygen atoms in total. The van der Waals surface area contributed by atoms with Crippen molar-refractivity contribution >= 4 is 11.8 Å². The Balaban J connectivity index is 1.51. The molecule has 0 aliphatic carbocycles. The number of thioether (sulfide) groups is 1. The monoisotopic (exact) mass is 393 g/mol. The van der Waals surface area contributed by atoms with E-state index in [-0.39, 0.29) is 11.1 Å². The fraction of sp³-hybridized carbons (Fsp3) is 0.280. The lowest BCUT2D eigenvalue weighted by Gasteiger charge is -2.19. The van der Waals surface area contributed by atoms with Gasteiger partial charge in [0.15, 0.2) is 0 Å². The van der Waals surface area contributed by atoms with E-state index in [9.17, 15) is 4.39 Å². The van der Waals surface area contributed by atoms with Gasteiger partial charge >= 0.3 is 0 Å². The Kier molecular flexibility index (Phi) is 8.13. The van der Waals surface area contributed by atoms with Gasteiger partial charge in [-0.15, -0.1) is 11.8 Å². The molecule has 0 heterocycles. The van der Waals surface area contributed by atoms with Crippen LogP contribution in [0.4, 0.5) is 4.39 Å². The van der Waals surface area contributed by atoms with Gasteiger partial charge in [-0.25, -0.2) is 4.39 Å². The molecule has 0 aromatic heterocycles. The summed E-state index contributed by atoms with van der Waals surface area (Å²) >= 11 is 1.80. The third kappa shape index (κ3) is 6.22. The summed E-state index contributed by atoms with van der Waals surface area (Å²) in [6, 6.07) is 28.4. The van der Waals surface area contributed by atoms with Crippen molar-refractivity contribution in [1.29, 1.82) is 0 Å². The number of benzene rings is 3. The first-order valence-corrected chi connectivity index (χ1v) is 11.0. The summed E-state index contributed by atoms with van der Waals surface area (Å²) in [5.74, 6) is 0.803. The summed E-state index contributed by atoms with van der Waals surface area (Å²) in [5.41, 5.74) is 3.29. The zero-order valence-electron chi connectivity index (χ0n) is 16.4. The third-order valence-corrected chi connectivity index (χ3v) is 6.18. The van der Waals surface area contributed by atoms with Gasteiger partial charge < -0.3 is 5.32 Å². The number of hydrogen-bond donors (Lipinski definition) is 1. The molecule has 0 aliphatic heterocycles. The zero-order valence-corrected chi connectivity index (χ0v) is 17.2. The standard InChI is InChI=1S/C25H28FNS/c1-20(16-17-21-10-4-2-5-11-21)27-18-19-28-25(22-12-6-3-7-13-22)23-14-8-9-15-24(23)26/h2-15,20,25,27H,16-19H2,1H3. The van der Waals surface area contributed by atoms with Crippen molar-refractivity contribution in [2.24, 2.45) is 0 Å². The van der Waals surface area contributed by atoms with Crippen molar-refractivity contribution in [2.75, 3.05) is 12.3 Å². The summed E-state index contributed by atoms with van der Waals surface area (Å²) in [7, 11) is 0. The van der Waals surface area contributed by atoms with Crippen LogP contribution in [0.25, 0.3) is 0 Å². The molecule has 0 aliphatic rings. The largest absolute Gasteiger partial charge is 0.313 e. The van der Waals surface area contributed by atoms with E-state index in [0.717, 1.165) is 36.3 Å². The van der Waals surface area contributed by atoms with Crippen LogP contribution in [0.3, 0.4) is 0 Å². The molecule has 146 valence electrons. The third-order valence-electron chi connectivity index (χ3n) is 4.88. The molecule has 3 aromatic carbocycles. The summed E-state index contributed by atoms with van der Waals surface area (Å²) in [6.07, 6.45) is 2.20. The lowest BCUT2D eigenvalue weighted by molar-refractivity contribution is 0.532. The van der Waals surface area contributed by atoms with Crippen molar-refractivity contribution in [3.05, 3.63) is 107 Å². The van der Waals surface area contributed by atoms with Crippen LogP contribution < -0.4 is 5.32 Å². The first-order chi connectivity index (χ1) is 13.7. The van der Waals surface area contributed by atoms with Gasteiger partial charge in [0.1, 0.15) is 5.82 Å². The smallest absolute Gasteiger partial charge is 0.127 e. The fourth-order valence-corrected chi connectivity index (χ4v) is 4.48. The highest BCUT2D eigenvalue weighted by Crippen LogP contribution is 2.36. The molecule has 2 unspecified atom stereocenters. The lowest BCUT2D eigenvalue weighted by Crippen LogP contribution is -2.28. The summed E-state index contributed by atoms with van der Waals surface area (Å²) in [4.78, 5) is 0. The second-order valence-electron chi connectivity index (χ2n) is 7.06. The maximum atomic E-state index is 14.4. The topological polar surface area (TPSA) is 12.0 Å². The van der Waals surface area contributed by atoms with Crippen molar-refractivity contribution < 1.29 is 4.39 Å². The predicted octanol–water partition coefficient (Wildman–Crippen LogP) is 6.26. The van der Waals surface area contributed by atoms with Gasteiger partial charge in [0.2, 0.25) is 0 Å².